The molecule has 0 bridgehead atoms. The fourth-order valence-electron chi connectivity index (χ4n) is 2.19. The van der Waals surface area contributed by atoms with Crippen LogP contribution in [0.15, 0.2) is 12.1 Å². The van der Waals surface area contributed by atoms with Crippen molar-refractivity contribution in [2.24, 2.45) is 0 Å². The number of anilines is 2. The number of nitrogens with one attached hydrogen (secondary N) is 1. The number of nitrogens with zero attached hydrogens (tertiary/aromatic N) is 1. The quantitative estimate of drug-likeness (QED) is 0.520. The van der Waals surface area contributed by atoms with Crippen LogP contribution in [0.1, 0.15) is 33.6 Å². The normalized spacial score (nSPS) is 12.7. The van der Waals surface area contributed by atoms with Crippen LogP contribution in [0.3, 0.4) is 0 Å². The van der Waals surface area contributed by atoms with E-state index in [1.165, 1.54) is 6.07 Å². The van der Waals surface area contributed by atoms with E-state index in [0.29, 0.717) is 14.9 Å². The van der Waals surface area contributed by atoms with E-state index in [2.05, 4.69) is 31.0 Å². The maximum absolute atomic E-state index is 13.5. The van der Waals surface area contributed by atoms with Gasteiger partial charge in [0.25, 0.3) is 0 Å². The molecule has 0 aliphatic rings. The minimum absolute atomic E-state index is 0.224. The van der Waals surface area contributed by atoms with E-state index in [1.54, 1.807) is 6.07 Å². The monoisotopic (exact) mass is 393 g/mol. The first-order valence-corrected chi connectivity index (χ1v) is 8.29. The average molecular weight is 393 g/mol. The molecule has 0 aliphatic heterocycles. The summed E-state index contributed by atoms with van der Waals surface area (Å²) >= 11 is 1.95. The topological polar surface area (TPSA) is 41.3 Å². The number of hydrogen-bond acceptors (Lipinski definition) is 3. The van der Waals surface area contributed by atoms with Gasteiger partial charge in [-0.3, -0.25) is 0 Å². The lowest BCUT2D eigenvalue weighted by molar-refractivity contribution is 0.295. The Bertz CT molecular complexity index is 422. The lowest BCUT2D eigenvalue weighted by Gasteiger charge is -2.21. The van der Waals surface area contributed by atoms with E-state index in [4.69, 9.17) is 5.73 Å². The molecule has 3 nitrogen and oxygen atoms in total. The molecular formula is C15H25FIN3. The lowest BCUT2D eigenvalue weighted by atomic mass is 10.1. The zero-order valence-corrected chi connectivity index (χ0v) is 14.7. The highest BCUT2D eigenvalue weighted by Crippen LogP contribution is 2.25. The number of rotatable bonds is 8. The molecule has 5 heteroatoms. The molecule has 20 heavy (non-hydrogen) atoms. The third-order valence-corrected chi connectivity index (χ3v) is 4.33. The summed E-state index contributed by atoms with van der Waals surface area (Å²) in [5.41, 5.74) is 7.21. The molecule has 0 aliphatic carbocycles. The van der Waals surface area contributed by atoms with E-state index < -0.39 is 0 Å². The van der Waals surface area contributed by atoms with Crippen molar-refractivity contribution < 1.29 is 4.39 Å². The molecule has 1 atom stereocenters. The van der Waals surface area contributed by atoms with Gasteiger partial charge in [0.1, 0.15) is 5.82 Å². The number of halogens is 2. The predicted octanol–water partition coefficient (Wildman–Crippen LogP) is 3.93. The van der Waals surface area contributed by atoms with E-state index in [1.807, 2.05) is 22.6 Å². The van der Waals surface area contributed by atoms with Crippen molar-refractivity contribution in [3.05, 3.63) is 21.5 Å². The molecular weight excluding hydrogens is 368 g/mol. The summed E-state index contributed by atoms with van der Waals surface area (Å²) in [6, 6.07) is 3.44. The number of hydrogen-bond donors (Lipinski definition) is 2. The largest absolute Gasteiger partial charge is 0.397 e. The number of nitrogens with two attached hydrogens (primary N) is 1. The molecule has 0 fully saturated rings. The van der Waals surface area contributed by atoms with Crippen molar-refractivity contribution in [2.45, 2.75) is 39.7 Å². The summed E-state index contributed by atoms with van der Waals surface area (Å²) in [6.07, 6.45) is 2.17. The fourth-order valence-corrected chi connectivity index (χ4v) is 2.68. The molecule has 0 radical (unpaired) electrons. The zero-order valence-electron chi connectivity index (χ0n) is 12.5. The van der Waals surface area contributed by atoms with Crippen LogP contribution < -0.4 is 11.1 Å². The van der Waals surface area contributed by atoms with Crippen LogP contribution in [0, 0.1) is 9.39 Å². The Morgan fingerprint density at radius 3 is 2.60 bits per heavy atom. The van der Waals surface area contributed by atoms with Crippen molar-refractivity contribution in [3.8, 4) is 0 Å². The molecule has 1 aromatic rings. The van der Waals surface area contributed by atoms with E-state index in [-0.39, 0.29) is 11.9 Å². The SMILES string of the molecule is CCN(CC)CCCC(C)Nc1cc(F)c(I)cc1N. The minimum atomic E-state index is -0.224. The molecule has 0 saturated heterocycles. The smallest absolute Gasteiger partial charge is 0.138 e. The van der Waals surface area contributed by atoms with E-state index in [9.17, 15) is 4.39 Å². The molecule has 0 spiro atoms. The molecule has 3 N–H and O–H groups in total. The van der Waals surface area contributed by atoms with Crippen LogP contribution in [0.5, 0.6) is 0 Å². The van der Waals surface area contributed by atoms with Gasteiger partial charge in [-0.1, -0.05) is 13.8 Å². The minimum Gasteiger partial charge on any atom is -0.397 e. The van der Waals surface area contributed by atoms with Crippen molar-refractivity contribution in [2.75, 3.05) is 30.7 Å². The Balaban J connectivity index is 2.46. The van der Waals surface area contributed by atoms with Crippen LogP contribution in [-0.2, 0) is 0 Å². The highest BCUT2D eigenvalue weighted by molar-refractivity contribution is 14.1. The summed E-state index contributed by atoms with van der Waals surface area (Å²) in [5, 5.41) is 3.30. The Morgan fingerprint density at radius 1 is 1.35 bits per heavy atom. The standard InChI is InChI=1S/C15H25FIN3/c1-4-20(5-2)8-6-7-11(3)19-15-9-12(16)13(17)10-14(15)18/h9-11,19H,4-8,18H2,1-3H3. The second-order valence-electron chi connectivity index (χ2n) is 5.07. The first kappa shape index (κ1) is 17.5. The van der Waals surface area contributed by atoms with Crippen LogP contribution in [-0.4, -0.2) is 30.6 Å². The van der Waals surface area contributed by atoms with Crippen molar-refractivity contribution in [1.82, 2.24) is 4.90 Å². The van der Waals surface area contributed by atoms with Gasteiger partial charge in [-0.05, 0) is 68.1 Å². The van der Waals surface area contributed by atoms with Crippen molar-refractivity contribution in [3.63, 3.8) is 0 Å². The van der Waals surface area contributed by atoms with Gasteiger partial charge >= 0.3 is 0 Å². The summed E-state index contributed by atoms with van der Waals surface area (Å²) < 4.78 is 14.1. The maximum atomic E-state index is 13.5. The summed E-state index contributed by atoms with van der Waals surface area (Å²) in [5.74, 6) is -0.224. The number of nitrogen functional groups attached to an aromatic ring is 1. The predicted molar refractivity (Wildman–Crippen MR) is 93.6 cm³/mol. The maximum Gasteiger partial charge on any atom is 0.138 e. The van der Waals surface area contributed by atoms with Gasteiger partial charge < -0.3 is 16.0 Å². The van der Waals surface area contributed by atoms with Gasteiger partial charge in [-0.25, -0.2) is 4.39 Å². The summed E-state index contributed by atoms with van der Waals surface area (Å²) in [7, 11) is 0. The van der Waals surface area contributed by atoms with Gasteiger partial charge in [0.15, 0.2) is 0 Å². The van der Waals surface area contributed by atoms with Gasteiger partial charge in [-0.15, -0.1) is 0 Å². The Morgan fingerprint density at radius 2 is 2.00 bits per heavy atom. The van der Waals surface area contributed by atoms with Crippen LogP contribution in [0.2, 0.25) is 0 Å². The van der Waals surface area contributed by atoms with Gasteiger partial charge in [0.2, 0.25) is 0 Å². The van der Waals surface area contributed by atoms with Gasteiger partial charge in [-0.2, -0.15) is 0 Å². The first-order chi connectivity index (χ1) is 9.47. The molecule has 0 saturated carbocycles. The Hall–Kier alpha value is -0.560. The van der Waals surface area contributed by atoms with E-state index in [0.717, 1.165) is 32.5 Å². The Kier molecular flexibility index (Phi) is 7.58. The van der Waals surface area contributed by atoms with Crippen molar-refractivity contribution in [1.29, 1.82) is 0 Å². The molecule has 0 heterocycles. The second kappa shape index (κ2) is 8.67. The molecule has 0 aromatic heterocycles. The summed E-state index contributed by atoms with van der Waals surface area (Å²) in [4.78, 5) is 2.41. The fraction of sp³-hybridized carbons (Fsp3) is 0.600. The van der Waals surface area contributed by atoms with E-state index >= 15 is 0 Å². The molecule has 114 valence electrons. The summed E-state index contributed by atoms with van der Waals surface area (Å²) in [6.45, 7) is 9.76. The zero-order chi connectivity index (χ0) is 15.1. The first-order valence-electron chi connectivity index (χ1n) is 7.21. The molecule has 1 aromatic carbocycles. The average Bonchev–Trinajstić information content (AvgIpc) is 2.41. The molecule has 0 amide bonds. The van der Waals surface area contributed by atoms with Gasteiger partial charge in [0, 0.05) is 12.1 Å². The van der Waals surface area contributed by atoms with Crippen molar-refractivity contribution >= 4 is 34.0 Å². The third-order valence-electron chi connectivity index (χ3n) is 3.50. The van der Waals surface area contributed by atoms with Crippen LogP contribution in [0.4, 0.5) is 15.8 Å². The highest BCUT2D eigenvalue weighted by atomic mass is 127. The van der Waals surface area contributed by atoms with Crippen LogP contribution >= 0.6 is 22.6 Å². The second-order valence-corrected chi connectivity index (χ2v) is 6.23. The number of benzene rings is 1. The van der Waals surface area contributed by atoms with Gasteiger partial charge in [0.05, 0.1) is 14.9 Å². The van der Waals surface area contributed by atoms with Crippen LogP contribution in [0.25, 0.3) is 0 Å². The third kappa shape index (κ3) is 5.44. The lowest BCUT2D eigenvalue weighted by Crippen LogP contribution is -2.25. The molecule has 1 rings (SSSR count). The Labute approximate surface area is 135 Å². The molecule has 1 unspecified atom stereocenters. The highest BCUT2D eigenvalue weighted by Gasteiger charge is 2.09.